The van der Waals surface area contributed by atoms with Crippen LogP contribution in [0, 0.1) is 17.3 Å². The number of carbonyl (C=O) groups is 2. The molecular formula is C19H22O5. The first kappa shape index (κ1) is 16.6. The monoisotopic (exact) mass is 330 g/mol. The Kier molecular flexibility index (Phi) is 3.90. The number of hydrogen-bond acceptors (Lipinski definition) is 5. The van der Waals surface area contributed by atoms with Gasteiger partial charge >= 0.3 is 0 Å². The van der Waals surface area contributed by atoms with Crippen molar-refractivity contribution < 1.29 is 23.8 Å². The van der Waals surface area contributed by atoms with Crippen LogP contribution in [-0.4, -0.2) is 32.9 Å². The minimum Gasteiger partial charge on any atom is -0.493 e. The van der Waals surface area contributed by atoms with Gasteiger partial charge in [0.1, 0.15) is 0 Å². The lowest BCUT2D eigenvalue weighted by Crippen LogP contribution is -2.61. The van der Waals surface area contributed by atoms with Gasteiger partial charge in [-0.05, 0) is 23.6 Å². The second-order valence-corrected chi connectivity index (χ2v) is 6.66. The molecule has 2 aliphatic carbocycles. The highest BCUT2D eigenvalue weighted by molar-refractivity contribution is 6.13. The van der Waals surface area contributed by atoms with E-state index in [1.54, 1.807) is 14.2 Å². The van der Waals surface area contributed by atoms with Crippen LogP contribution in [0.4, 0.5) is 0 Å². The molecule has 0 unspecified atom stereocenters. The Balaban J connectivity index is 2.06. The molecule has 24 heavy (non-hydrogen) atoms. The maximum absolute atomic E-state index is 12.9. The van der Waals surface area contributed by atoms with Crippen LogP contribution in [0.3, 0.4) is 0 Å². The van der Waals surface area contributed by atoms with Gasteiger partial charge in [-0.1, -0.05) is 19.9 Å². The molecule has 1 fully saturated rings. The van der Waals surface area contributed by atoms with E-state index < -0.39 is 5.41 Å². The second kappa shape index (κ2) is 5.65. The second-order valence-electron chi connectivity index (χ2n) is 6.66. The first-order valence-corrected chi connectivity index (χ1v) is 7.96. The van der Waals surface area contributed by atoms with Crippen molar-refractivity contribution in [1.82, 2.24) is 0 Å². The summed E-state index contributed by atoms with van der Waals surface area (Å²) >= 11 is 0. The first-order valence-electron chi connectivity index (χ1n) is 7.96. The highest BCUT2D eigenvalue weighted by Gasteiger charge is 2.66. The van der Waals surface area contributed by atoms with Crippen molar-refractivity contribution in [3.05, 3.63) is 35.6 Å². The van der Waals surface area contributed by atoms with Crippen molar-refractivity contribution in [2.75, 3.05) is 21.3 Å². The number of Topliss-reactive ketones (excluding diaryl/α,β-unsaturated/α-hetero) is 1. The predicted octanol–water partition coefficient (Wildman–Crippen LogP) is 2.74. The molecule has 1 aromatic carbocycles. The molecular weight excluding hydrogens is 308 g/mol. The Bertz CT molecular complexity index is 735. The van der Waals surface area contributed by atoms with Crippen molar-refractivity contribution in [2.24, 2.45) is 17.3 Å². The maximum Gasteiger partial charge on any atom is 0.204 e. The fourth-order valence-corrected chi connectivity index (χ4v) is 4.59. The molecule has 0 N–H and O–H groups in total. The zero-order valence-electron chi connectivity index (χ0n) is 14.6. The molecule has 0 radical (unpaired) electrons. The van der Waals surface area contributed by atoms with Gasteiger partial charge in [0, 0.05) is 17.9 Å². The van der Waals surface area contributed by atoms with Crippen LogP contribution in [0.15, 0.2) is 30.0 Å². The molecule has 0 saturated heterocycles. The van der Waals surface area contributed by atoms with Gasteiger partial charge in [0.25, 0.3) is 0 Å². The van der Waals surface area contributed by atoms with E-state index >= 15 is 0 Å². The summed E-state index contributed by atoms with van der Waals surface area (Å²) in [6.45, 7) is 3.88. The van der Waals surface area contributed by atoms with E-state index in [0.717, 1.165) is 5.56 Å². The molecule has 0 spiro atoms. The molecule has 128 valence electrons. The third-order valence-corrected chi connectivity index (χ3v) is 5.62. The molecule has 1 saturated carbocycles. The fourth-order valence-electron chi connectivity index (χ4n) is 4.59. The van der Waals surface area contributed by atoms with E-state index in [1.165, 1.54) is 13.2 Å². The van der Waals surface area contributed by atoms with Crippen LogP contribution in [0.5, 0.6) is 11.5 Å². The number of hydrogen-bond donors (Lipinski definition) is 0. The van der Waals surface area contributed by atoms with E-state index in [1.807, 2.05) is 32.0 Å². The molecule has 5 heteroatoms. The third-order valence-electron chi connectivity index (χ3n) is 5.62. The van der Waals surface area contributed by atoms with Crippen molar-refractivity contribution in [3.8, 4) is 11.5 Å². The fraction of sp³-hybridized carbons (Fsp3) is 0.474. The Labute approximate surface area is 141 Å². The lowest BCUT2D eigenvalue weighted by molar-refractivity contribution is -0.159. The zero-order chi connectivity index (χ0) is 17.6. The van der Waals surface area contributed by atoms with Crippen molar-refractivity contribution in [2.45, 2.75) is 19.8 Å². The molecule has 0 heterocycles. The number of rotatable bonds is 4. The summed E-state index contributed by atoms with van der Waals surface area (Å²) in [5.41, 5.74) is 0.188. The molecule has 2 aliphatic rings. The molecule has 1 aromatic rings. The predicted molar refractivity (Wildman–Crippen MR) is 88.2 cm³/mol. The SMILES string of the molecule is COC1=CC(=O)[C@@H]2[C@H](C)[C@@H](c3ccc(OC)c(OC)c3)[C@]2(C)C1=O. The van der Waals surface area contributed by atoms with Gasteiger partial charge in [0.15, 0.2) is 23.0 Å². The Morgan fingerprint density at radius 3 is 2.21 bits per heavy atom. The number of carbonyl (C=O) groups excluding carboxylic acids is 2. The quantitative estimate of drug-likeness (QED) is 0.849. The summed E-state index contributed by atoms with van der Waals surface area (Å²) in [5, 5.41) is 0. The molecule has 3 rings (SSSR count). The summed E-state index contributed by atoms with van der Waals surface area (Å²) in [4.78, 5) is 25.3. The van der Waals surface area contributed by atoms with E-state index in [9.17, 15) is 9.59 Å². The summed E-state index contributed by atoms with van der Waals surface area (Å²) in [6.07, 6.45) is 1.34. The molecule has 5 nitrogen and oxygen atoms in total. The number of allylic oxidation sites excluding steroid dienone is 2. The number of benzene rings is 1. The molecule has 0 bridgehead atoms. The van der Waals surface area contributed by atoms with Gasteiger partial charge in [0.2, 0.25) is 5.78 Å². The summed E-state index contributed by atoms with van der Waals surface area (Å²) < 4.78 is 15.8. The van der Waals surface area contributed by atoms with Crippen molar-refractivity contribution >= 4 is 11.6 Å². The summed E-state index contributed by atoms with van der Waals surface area (Å²) in [7, 11) is 4.59. The first-order chi connectivity index (χ1) is 11.4. The van der Waals surface area contributed by atoms with Crippen LogP contribution in [-0.2, 0) is 14.3 Å². The lowest BCUT2D eigenvalue weighted by atomic mass is 9.42. The van der Waals surface area contributed by atoms with Crippen LogP contribution in [0.25, 0.3) is 0 Å². The highest BCUT2D eigenvalue weighted by Crippen LogP contribution is 2.64. The molecule has 0 amide bonds. The molecule has 0 aliphatic heterocycles. The van der Waals surface area contributed by atoms with E-state index in [2.05, 4.69) is 0 Å². The van der Waals surface area contributed by atoms with E-state index in [0.29, 0.717) is 11.5 Å². The number of methoxy groups -OCH3 is 3. The van der Waals surface area contributed by atoms with Gasteiger partial charge in [-0.25, -0.2) is 0 Å². The minimum atomic E-state index is -0.782. The van der Waals surface area contributed by atoms with E-state index in [-0.39, 0.29) is 35.1 Å². The van der Waals surface area contributed by atoms with Crippen molar-refractivity contribution in [3.63, 3.8) is 0 Å². The Hall–Kier alpha value is -2.30. The van der Waals surface area contributed by atoms with Crippen LogP contribution in [0.2, 0.25) is 0 Å². The highest BCUT2D eigenvalue weighted by atomic mass is 16.5. The standard InChI is InChI=1S/C19H22O5/c1-10-16(11-6-7-13(22-3)14(8-11)23-4)19(2)17(10)12(20)9-15(24-5)18(19)21/h6-10,16-17H,1-5H3/t10-,16+,17+,19+/m1/s1. The van der Waals surface area contributed by atoms with Gasteiger partial charge in [-0.2, -0.15) is 0 Å². The minimum absolute atomic E-state index is 0.0295. The van der Waals surface area contributed by atoms with Crippen LogP contribution < -0.4 is 9.47 Å². The maximum atomic E-state index is 12.9. The van der Waals surface area contributed by atoms with Gasteiger partial charge in [-0.3, -0.25) is 9.59 Å². The molecule has 0 aromatic heterocycles. The number of fused-ring (bicyclic) bond motifs is 1. The average molecular weight is 330 g/mol. The molecule has 4 atom stereocenters. The van der Waals surface area contributed by atoms with Crippen LogP contribution in [0.1, 0.15) is 25.3 Å². The lowest BCUT2D eigenvalue weighted by Gasteiger charge is -2.58. The van der Waals surface area contributed by atoms with Gasteiger partial charge < -0.3 is 14.2 Å². The topological polar surface area (TPSA) is 61.8 Å². The van der Waals surface area contributed by atoms with Gasteiger partial charge in [-0.15, -0.1) is 0 Å². The third kappa shape index (κ3) is 2.00. The summed E-state index contributed by atoms with van der Waals surface area (Å²) in [6, 6.07) is 5.66. The number of ether oxygens (including phenoxy) is 3. The summed E-state index contributed by atoms with van der Waals surface area (Å²) in [5.74, 6) is 0.963. The van der Waals surface area contributed by atoms with E-state index in [4.69, 9.17) is 14.2 Å². The van der Waals surface area contributed by atoms with Crippen molar-refractivity contribution in [1.29, 1.82) is 0 Å². The largest absolute Gasteiger partial charge is 0.493 e. The van der Waals surface area contributed by atoms with Gasteiger partial charge in [0.05, 0.1) is 26.7 Å². The zero-order valence-corrected chi connectivity index (χ0v) is 14.6. The smallest absolute Gasteiger partial charge is 0.204 e. The average Bonchev–Trinajstić information content (AvgIpc) is 2.57. The van der Waals surface area contributed by atoms with Crippen LogP contribution >= 0.6 is 0 Å². The Morgan fingerprint density at radius 1 is 0.958 bits per heavy atom. The normalized spacial score (nSPS) is 31.7. The Morgan fingerprint density at radius 2 is 1.62 bits per heavy atom. The number of ketones is 2.